The quantitative estimate of drug-likeness (QED) is 0.817. The normalized spacial score (nSPS) is 19.0. The Labute approximate surface area is 148 Å². The van der Waals surface area contributed by atoms with Gasteiger partial charge >= 0.3 is 5.97 Å². The van der Waals surface area contributed by atoms with Crippen LogP contribution < -0.4 is 0 Å². The molecule has 1 N–H and O–H groups in total. The topological polar surface area (TPSA) is 95.0 Å². The monoisotopic (exact) mass is 368 g/mol. The lowest BCUT2D eigenvalue weighted by molar-refractivity contribution is -0.145. The zero-order chi connectivity index (χ0) is 18.6. The number of hydrogen-bond donors (Lipinski definition) is 1. The summed E-state index contributed by atoms with van der Waals surface area (Å²) in [6.07, 6.45) is 2.97. The molecular formula is C17H24N2O5S. The highest BCUT2D eigenvalue weighted by Crippen LogP contribution is 2.22. The van der Waals surface area contributed by atoms with Gasteiger partial charge in [-0.25, -0.2) is 8.42 Å². The third kappa shape index (κ3) is 4.38. The van der Waals surface area contributed by atoms with Crippen LogP contribution in [0.2, 0.25) is 0 Å². The average molecular weight is 368 g/mol. The third-order valence-electron chi connectivity index (χ3n) is 4.41. The van der Waals surface area contributed by atoms with Crippen LogP contribution in [0.5, 0.6) is 0 Å². The number of amides is 1. The first kappa shape index (κ1) is 19.4. The van der Waals surface area contributed by atoms with Gasteiger partial charge in [-0.15, -0.1) is 0 Å². The van der Waals surface area contributed by atoms with Crippen molar-refractivity contribution in [1.29, 1.82) is 0 Å². The standard InChI is InChI=1S/C17H24N2O5S/c1-3-4-5-14-6-8-15(9-7-14)25(23,24)19-11-10-18(13(2)20)12-16(19)17(21)22/h6-9,16H,3-5,10-12H2,1-2H3,(H,21,22). The van der Waals surface area contributed by atoms with Gasteiger partial charge in [0.05, 0.1) is 4.90 Å². The summed E-state index contributed by atoms with van der Waals surface area (Å²) >= 11 is 0. The highest BCUT2D eigenvalue weighted by Gasteiger charge is 2.40. The number of carboxylic acid groups (broad SMARTS) is 1. The van der Waals surface area contributed by atoms with Crippen LogP contribution in [-0.4, -0.2) is 60.3 Å². The maximum Gasteiger partial charge on any atom is 0.323 e. The molecule has 1 amide bonds. The van der Waals surface area contributed by atoms with E-state index >= 15 is 0 Å². The predicted octanol–water partition coefficient (Wildman–Crippen LogP) is 1.34. The molecule has 0 radical (unpaired) electrons. The number of rotatable bonds is 6. The maximum absolute atomic E-state index is 12.9. The van der Waals surface area contributed by atoms with Crippen molar-refractivity contribution in [3.8, 4) is 0 Å². The van der Waals surface area contributed by atoms with Gasteiger partial charge in [0.1, 0.15) is 6.04 Å². The summed E-state index contributed by atoms with van der Waals surface area (Å²) in [7, 11) is -3.93. The van der Waals surface area contributed by atoms with Crippen molar-refractivity contribution < 1.29 is 23.1 Å². The van der Waals surface area contributed by atoms with Crippen LogP contribution in [0.4, 0.5) is 0 Å². The number of unbranched alkanes of at least 4 members (excludes halogenated alkanes) is 1. The smallest absolute Gasteiger partial charge is 0.323 e. The average Bonchev–Trinajstić information content (AvgIpc) is 2.59. The summed E-state index contributed by atoms with van der Waals surface area (Å²) in [5, 5.41) is 9.42. The van der Waals surface area contributed by atoms with E-state index in [4.69, 9.17) is 0 Å². The fourth-order valence-electron chi connectivity index (χ4n) is 2.89. The molecule has 1 aliphatic heterocycles. The zero-order valence-electron chi connectivity index (χ0n) is 14.5. The van der Waals surface area contributed by atoms with E-state index in [-0.39, 0.29) is 30.4 Å². The van der Waals surface area contributed by atoms with Crippen LogP contribution in [0.1, 0.15) is 32.3 Å². The molecule has 1 atom stereocenters. The largest absolute Gasteiger partial charge is 0.480 e. The van der Waals surface area contributed by atoms with E-state index in [2.05, 4.69) is 6.92 Å². The van der Waals surface area contributed by atoms with Crippen LogP contribution in [-0.2, 0) is 26.0 Å². The molecule has 25 heavy (non-hydrogen) atoms. The Morgan fingerprint density at radius 2 is 1.84 bits per heavy atom. The van der Waals surface area contributed by atoms with Gasteiger partial charge in [0.2, 0.25) is 15.9 Å². The molecule has 0 saturated carbocycles. The fourth-order valence-corrected chi connectivity index (χ4v) is 4.45. The third-order valence-corrected chi connectivity index (χ3v) is 6.33. The maximum atomic E-state index is 12.9. The second-order valence-corrected chi connectivity index (χ2v) is 8.07. The fraction of sp³-hybridized carbons (Fsp3) is 0.529. The van der Waals surface area contributed by atoms with E-state index in [0.717, 1.165) is 29.1 Å². The Balaban J connectivity index is 2.25. The minimum absolute atomic E-state index is 0.0313. The van der Waals surface area contributed by atoms with Gasteiger partial charge in [-0.05, 0) is 30.5 Å². The molecule has 138 valence electrons. The molecule has 1 heterocycles. The lowest BCUT2D eigenvalue weighted by Gasteiger charge is -2.38. The molecule has 0 aromatic heterocycles. The highest BCUT2D eigenvalue weighted by atomic mass is 32.2. The zero-order valence-corrected chi connectivity index (χ0v) is 15.3. The molecule has 0 aliphatic carbocycles. The number of nitrogens with zero attached hydrogens (tertiary/aromatic N) is 2. The SMILES string of the molecule is CCCCc1ccc(S(=O)(=O)N2CCN(C(C)=O)CC2C(=O)O)cc1. The minimum atomic E-state index is -3.93. The lowest BCUT2D eigenvalue weighted by atomic mass is 10.1. The van der Waals surface area contributed by atoms with E-state index in [1.807, 2.05) is 0 Å². The van der Waals surface area contributed by atoms with Gasteiger partial charge in [0.25, 0.3) is 0 Å². The van der Waals surface area contributed by atoms with Gasteiger partial charge in [0.15, 0.2) is 0 Å². The summed E-state index contributed by atoms with van der Waals surface area (Å²) in [6, 6.07) is 5.31. The van der Waals surface area contributed by atoms with E-state index in [1.165, 1.54) is 24.0 Å². The molecule has 7 nitrogen and oxygen atoms in total. The first-order chi connectivity index (χ1) is 11.8. The Morgan fingerprint density at radius 3 is 2.36 bits per heavy atom. The van der Waals surface area contributed by atoms with Crippen molar-refractivity contribution in [2.24, 2.45) is 0 Å². The van der Waals surface area contributed by atoms with Crippen LogP contribution >= 0.6 is 0 Å². The molecule has 1 unspecified atom stereocenters. The van der Waals surface area contributed by atoms with Gasteiger partial charge in [-0.3, -0.25) is 9.59 Å². The lowest BCUT2D eigenvalue weighted by Crippen LogP contribution is -2.58. The minimum Gasteiger partial charge on any atom is -0.480 e. The Hall–Kier alpha value is -1.93. The predicted molar refractivity (Wildman–Crippen MR) is 92.6 cm³/mol. The molecule has 1 aromatic rings. The molecular weight excluding hydrogens is 344 g/mol. The van der Waals surface area contributed by atoms with Crippen molar-refractivity contribution in [1.82, 2.24) is 9.21 Å². The van der Waals surface area contributed by atoms with Gasteiger partial charge < -0.3 is 10.0 Å². The molecule has 8 heteroatoms. The van der Waals surface area contributed by atoms with Crippen LogP contribution in [0.3, 0.4) is 0 Å². The highest BCUT2D eigenvalue weighted by molar-refractivity contribution is 7.89. The van der Waals surface area contributed by atoms with Crippen LogP contribution in [0.25, 0.3) is 0 Å². The number of piperazine rings is 1. The number of carbonyl (C=O) groups is 2. The molecule has 2 rings (SSSR count). The number of benzene rings is 1. The summed E-state index contributed by atoms with van der Waals surface area (Å²) in [6.45, 7) is 3.45. The van der Waals surface area contributed by atoms with Gasteiger partial charge in [-0.2, -0.15) is 4.31 Å². The Kier molecular flexibility index (Phi) is 6.18. The number of hydrogen-bond acceptors (Lipinski definition) is 4. The summed E-state index contributed by atoms with van der Waals surface area (Å²) in [5.41, 5.74) is 1.05. The summed E-state index contributed by atoms with van der Waals surface area (Å²) < 4.78 is 26.7. The van der Waals surface area contributed by atoms with Crippen molar-refractivity contribution in [2.75, 3.05) is 19.6 Å². The number of sulfonamides is 1. The summed E-state index contributed by atoms with van der Waals surface area (Å²) in [5.74, 6) is -1.52. The van der Waals surface area contributed by atoms with E-state index in [9.17, 15) is 23.1 Å². The summed E-state index contributed by atoms with van der Waals surface area (Å²) in [4.78, 5) is 24.5. The number of carbonyl (C=O) groups excluding carboxylic acids is 1. The van der Waals surface area contributed by atoms with Crippen LogP contribution in [0.15, 0.2) is 29.2 Å². The van der Waals surface area contributed by atoms with Crippen molar-refractivity contribution in [3.05, 3.63) is 29.8 Å². The van der Waals surface area contributed by atoms with Crippen molar-refractivity contribution >= 4 is 21.9 Å². The first-order valence-corrected chi connectivity index (χ1v) is 9.80. The first-order valence-electron chi connectivity index (χ1n) is 8.36. The second kappa shape index (κ2) is 7.97. The second-order valence-electron chi connectivity index (χ2n) is 6.18. The molecule has 1 aromatic carbocycles. The molecule has 1 saturated heterocycles. The van der Waals surface area contributed by atoms with Crippen molar-refractivity contribution in [3.63, 3.8) is 0 Å². The number of aryl methyl sites for hydroxylation is 1. The number of aliphatic carboxylic acids is 1. The molecule has 1 fully saturated rings. The van der Waals surface area contributed by atoms with Gasteiger partial charge in [0, 0.05) is 26.6 Å². The van der Waals surface area contributed by atoms with E-state index < -0.39 is 22.0 Å². The Morgan fingerprint density at radius 1 is 1.20 bits per heavy atom. The molecule has 0 bridgehead atoms. The number of carboxylic acids is 1. The Bertz CT molecular complexity index is 730. The van der Waals surface area contributed by atoms with E-state index in [1.54, 1.807) is 12.1 Å². The van der Waals surface area contributed by atoms with Gasteiger partial charge in [-0.1, -0.05) is 25.5 Å². The van der Waals surface area contributed by atoms with E-state index in [0.29, 0.717) is 0 Å². The van der Waals surface area contributed by atoms with Crippen molar-refractivity contribution in [2.45, 2.75) is 44.0 Å². The molecule has 1 aliphatic rings. The van der Waals surface area contributed by atoms with Crippen LogP contribution in [0, 0.1) is 0 Å². The molecule has 0 spiro atoms.